The summed E-state index contributed by atoms with van der Waals surface area (Å²) in [7, 11) is 5.87. The number of methoxy groups -OCH3 is 1. The second-order valence-electron chi connectivity index (χ2n) is 7.22. The van der Waals surface area contributed by atoms with Crippen molar-refractivity contribution < 1.29 is 14.3 Å². The highest BCUT2D eigenvalue weighted by Crippen LogP contribution is 2.37. The van der Waals surface area contributed by atoms with E-state index in [1.165, 1.54) is 0 Å². The summed E-state index contributed by atoms with van der Waals surface area (Å²) in [4.78, 5) is 16.8. The molecule has 0 aliphatic carbocycles. The number of benzene rings is 1. The van der Waals surface area contributed by atoms with Crippen molar-refractivity contribution in [2.75, 3.05) is 40.9 Å². The number of carbonyl (C=O) groups excluding carboxylic acids is 1. The summed E-state index contributed by atoms with van der Waals surface area (Å²) in [6.45, 7) is 2.41. The molecule has 2 fully saturated rings. The molecular formula is C19H28N2O3. The number of hydrogen-bond donors (Lipinski definition) is 0. The molecule has 0 radical (unpaired) electrons. The van der Waals surface area contributed by atoms with E-state index in [9.17, 15) is 4.79 Å². The summed E-state index contributed by atoms with van der Waals surface area (Å²) in [6.07, 6.45) is 3.44. The molecule has 1 aromatic rings. The Hall–Kier alpha value is -1.59. The quantitative estimate of drug-likeness (QED) is 0.845. The molecule has 0 N–H and O–H groups in total. The lowest BCUT2D eigenvalue weighted by molar-refractivity contribution is -0.135. The van der Waals surface area contributed by atoms with E-state index in [0.717, 1.165) is 50.3 Å². The van der Waals surface area contributed by atoms with Gasteiger partial charge in [-0.1, -0.05) is 12.1 Å². The summed E-state index contributed by atoms with van der Waals surface area (Å²) in [5, 5.41) is 0. The molecule has 5 heteroatoms. The Morgan fingerprint density at radius 1 is 1.29 bits per heavy atom. The number of likely N-dealkylation sites (tertiary alicyclic amines) is 1. The number of rotatable bonds is 4. The van der Waals surface area contributed by atoms with E-state index in [1.54, 1.807) is 7.11 Å². The van der Waals surface area contributed by atoms with E-state index in [4.69, 9.17) is 9.47 Å². The topological polar surface area (TPSA) is 42.0 Å². The van der Waals surface area contributed by atoms with Gasteiger partial charge < -0.3 is 19.3 Å². The van der Waals surface area contributed by atoms with Gasteiger partial charge in [-0.25, -0.2) is 0 Å². The van der Waals surface area contributed by atoms with Gasteiger partial charge >= 0.3 is 0 Å². The molecule has 1 spiro atoms. The molecule has 132 valence electrons. The maximum Gasteiger partial charge on any atom is 0.226 e. The summed E-state index contributed by atoms with van der Waals surface area (Å²) < 4.78 is 11.3. The van der Waals surface area contributed by atoms with Crippen molar-refractivity contribution in [3.05, 3.63) is 29.8 Å². The SMILES string of the molecule is COc1ccc(CC(=O)N2CCC3(CC2)CC(N(C)C)CO3)cc1. The van der Waals surface area contributed by atoms with Gasteiger partial charge in [-0.05, 0) is 51.1 Å². The van der Waals surface area contributed by atoms with Crippen molar-refractivity contribution in [3.8, 4) is 5.75 Å². The molecule has 1 unspecified atom stereocenters. The molecule has 2 heterocycles. The molecule has 1 atom stereocenters. The molecule has 0 bridgehead atoms. The summed E-state index contributed by atoms with van der Waals surface area (Å²) in [5.41, 5.74) is 1.03. The summed E-state index contributed by atoms with van der Waals surface area (Å²) >= 11 is 0. The van der Waals surface area contributed by atoms with Gasteiger partial charge in [0.15, 0.2) is 0 Å². The highest BCUT2D eigenvalue weighted by atomic mass is 16.5. The molecule has 3 rings (SSSR count). The Morgan fingerprint density at radius 3 is 2.50 bits per heavy atom. The van der Waals surface area contributed by atoms with Gasteiger partial charge in [0.1, 0.15) is 5.75 Å². The van der Waals surface area contributed by atoms with Crippen LogP contribution in [-0.2, 0) is 16.0 Å². The molecule has 24 heavy (non-hydrogen) atoms. The Kier molecular flexibility index (Phi) is 5.11. The smallest absolute Gasteiger partial charge is 0.226 e. The average molecular weight is 332 g/mol. The second-order valence-corrected chi connectivity index (χ2v) is 7.22. The third-order valence-corrected chi connectivity index (χ3v) is 5.46. The van der Waals surface area contributed by atoms with E-state index in [2.05, 4.69) is 19.0 Å². The van der Waals surface area contributed by atoms with Gasteiger partial charge in [0.25, 0.3) is 0 Å². The first-order chi connectivity index (χ1) is 11.5. The van der Waals surface area contributed by atoms with Gasteiger partial charge in [-0.15, -0.1) is 0 Å². The van der Waals surface area contributed by atoms with Crippen LogP contribution in [0.5, 0.6) is 5.75 Å². The van der Waals surface area contributed by atoms with Gasteiger partial charge in [0.05, 0.1) is 25.7 Å². The minimum Gasteiger partial charge on any atom is -0.497 e. The maximum absolute atomic E-state index is 12.5. The number of likely N-dealkylation sites (N-methyl/N-ethyl adjacent to an activating group) is 1. The van der Waals surface area contributed by atoms with Crippen LogP contribution in [0.1, 0.15) is 24.8 Å². The highest BCUT2D eigenvalue weighted by molar-refractivity contribution is 5.79. The van der Waals surface area contributed by atoms with Crippen LogP contribution in [-0.4, -0.2) is 68.3 Å². The third-order valence-electron chi connectivity index (χ3n) is 5.46. The first kappa shape index (κ1) is 17.2. The zero-order valence-corrected chi connectivity index (χ0v) is 15.0. The molecule has 2 saturated heterocycles. The second kappa shape index (κ2) is 7.11. The van der Waals surface area contributed by atoms with Crippen molar-refractivity contribution in [2.24, 2.45) is 0 Å². The number of nitrogens with zero attached hydrogens (tertiary/aromatic N) is 2. The summed E-state index contributed by atoms with van der Waals surface area (Å²) in [6, 6.07) is 8.24. The predicted molar refractivity (Wildman–Crippen MR) is 93.3 cm³/mol. The Bertz CT molecular complexity index is 562. The van der Waals surface area contributed by atoms with E-state index < -0.39 is 0 Å². The number of piperidine rings is 1. The maximum atomic E-state index is 12.5. The molecule has 1 aromatic carbocycles. The molecular weight excluding hydrogens is 304 g/mol. The van der Waals surface area contributed by atoms with Gasteiger partial charge in [-0.2, -0.15) is 0 Å². The first-order valence-electron chi connectivity index (χ1n) is 8.72. The monoisotopic (exact) mass is 332 g/mol. The molecule has 2 aliphatic heterocycles. The fourth-order valence-electron chi connectivity index (χ4n) is 3.69. The highest BCUT2D eigenvalue weighted by Gasteiger charge is 2.43. The lowest BCUT2D eigenvalue weighted by Gasteiger charge is -2.39. The van der Waals surface area contributed by atoms with Crippen LogP contribution in [0.2, 0.25) is 0 Å². The first-order valence-corrected chi connectivity index (χ1v) is 8.72. The third kappa shape index (κ3) is 3.73. The van der Waals surface area contributed by atoms with Crippen molar-refractivity contribution in [3.63, 3.8) is 0 Å². The molecule has 0 saturated carbocycles. The predicted octanol–water partition coefficient (Wildman–Crippen LogP) is 1.95. The normalized spacial score (nSPS) is 23.0. The van der Waals surface area contributed by atoms with Crippen LogP contribution in [0.4, 0.5) is 0 Å². The Morgan fingerprint density at radius 2 is 1.96 bits per heavy atom. The van der Waals surface area contributed by atoms with Gasteiger partial charge in [0, 0.05) is 19.1 Å². The van der Waals surface area contributed by atoms with Crippen molar-refractivity contribution in [2.45, 2.75) is 37.3 Å². The van der Waals surface area contributed by atoms with E-state index >= 15 is 0 Å². The number of amides is 1. The lowest BCUT2D eigenvalue weighted by atomic mass is 9.87. The number of ether oxygens (including phenoxy) is 2. The van der Waals surface area contributed by atoms with Gasteiger partial charge in [0.2, 0.25) is 5.91 Å². The van der Waals surface area contributed by atoms with Gasteiger partial charge in [-0.3, -0.25) is 4.79 Å². The Balaban J connectivity index is 1.52. The fraction of sp³-hybridized carbons (Fsp3) is 0.632. The Labute approximate surface area is 144 Å². The van der Waals surface area contributed by atoms with Crippen molar-refractivity contribution in [1.29, 1.82) is 0 Å². The average Bonchev–Trinajstić information content (AvgIpc) is 3.00. The fourth-order valence-corrected chi connectivity index (χ4v) is 3.69. The minimum atomic E-state index is -0.00811. The van der Waals surface area contributed by atoms with Crippen LogP contribution in [0.3, 0.4) is 0 Å². The number of hydrogen-bond acceptors (Lipinski definition) is 4. The molecule has 2 aliphatic rings. The largest absolute Gasteiger partial charge is 0.497 e. The van der Waals surface area contributed by atoms with Crippen molar-refractivity contribution >= 4 is 5.91 Å². The zero-order chi connectivity index (χ0) is 17.2. The van der Waals surface area contributed by atoms with E-state index in [0.29, 0.717) is 12.5 Å². The summed E-state index contributed by atoms with van der Waals surface area (Å²) in [5.74, 6) is 1.03. The van der Waals surface area contributed by atoms with Crippen molar-refractivity contribution in [1.82, 2.24) is 9.80 Å². The van der Waals surface area contributed by atoms with E-state index in [-0.39, 0.29) is 11.5 Å². The van der Waals surface area contributed by atoms with Crippen LogP contribution in [0.15, 0.2) is 24.3 Å². The van der Waals surface area contributed by atoms with Crippen LogP contribution in [0, 0.1) is 0 Å². The lowest BCUT2D eigenvalue weighted by Crippen LogP contribution is -2.47. The van der Waals surface area contributed by atoms with Crippen LogP contribution >= 0.6 is 0 Å². The van der Waals surface area contributed by atoms with Crippen LogP contribution < -0.4 is 4.74 Å². The molecule has 5 nitrogen and oxygen atoms in total. The molecule has 0 aromatic heterocycles. The van der Waals surface area contributed by atoms with Crippen LogP contribution in [0.25, 0.3) is 0 Å². The van der Waals surface area contributed by atoms with E-state index in [1.807, 2.05) is 29.2 Å². The number of carbonyl (C=O) groups is 1. The zero-order valence-electron chi connectivity index (χ0n) is 15.0. The molecule has 1 amide bonds. The standard InChI is InChI=1S/C19H28N2O3/c1-20(2)16-13-19(24-14-16)8-10-21(11-9-19)18(22)12-15-4-6-17(23-3)7-5-15/h4-7,16H,8-14H2,1-3H3. The minimum absolute atomic E-state index is 0.00811.